The highest BCUT2D eigenvalue weighted by Crippen LogP contribution is 2.33. The van der Waals surface area contributed by atoms with Crippen molar-refractivity contribution in [1.82, 2.24) is 4.31 Å². The molecular formula is C14H18F4N2O2S. The Morgan fingerprint density at radius 3 is 2.57 bits per heavy atom. The lowest BCUT2D eigenvalue weighted by molar-refractivity contribution is -0.137. The summed E-state index contributed by atoms with van der Waals surface area (Å²) < 4.78 is 78.2. The fourth-order valence-corrected chi connectivity index (χ4v) is 4.26. The number of sulfonamides is 1. The molecular weight excluding hydrogens is 336 g/mol. The van der Waals surface area contributed by atoms with E-state index in [-0.39, 0.29) is 25.0 Å². The Kier molecular flexibility index (Phi) is 5.03. The highest BCUT2D eigenvalue weighted by Gasteiger charge is 2.36. The topological polar surface area (TPSA) is 63.4 Å². The molecule has 0 aliphatic carbocycles. The van der Waals surface area contributed by atoms with Crippen LogP contribution in [0.15, 0.2) is 23.1 Å². The first-order valence-corrected chi connectivity index (χ1v) is 8.60. The van der Waals surface area contributed by atoms with Gasteiger partial charge in [-0.2, -0.15) is 17.5 Å². The first-order valence-electron chi connectivity index (χ1n) is 7.16. The number of nitrogens with zero attached hydrogens (tertiary/aromatic N) is 1. The average molecular weight is 354 g/mol. The molecule has 1 aliphatic rings. The third-order valence-corrected chi connectivity index (χ3v) is 5.92. The molecule has 2 unspecified atom stereocenters. The van der Waals surface area contributed by atoms with Crippen molar-refractivity contribution in [3.05, 3.63) is 29.6 Å². The minimum absolute atomic E-state index is 0.0791. The lowest BCUT2D eigenvalue weighted by Crippen LogP contribution is -2.45. The smallest absolute Gasteiger partial charge is 0.328 e. The van der Waals surface area contributed by atoms with Crippen LogP contribution in [-0.4, -0.2) is 31.9 Å². The van der Waals surface area contributed by atoms with Gasteiger partial charge in [-0.25, -0.2) is 12.8 Å². The normalized spacial score (nSPS) is 22.1. The number of halogens is 4. The second-order valence-corrected chi connectivity index (χ2v) is 7.67. The molecule has 2 rings (SSSR count). The number of hydrogen-bond acceptors (Lipinski definition) is 3. The van der Waals surface area contributed by atoms with Crippen LogP contribution in [0.4, 0.5) is 17.6 Å². The van der Waals surface area contributed by atoms with Gasteiger partial charge in [0.05, 0.1) is 5.56 Å². The maximum atomic E-state index is 13.9. The van der Waals surface area contributed by atoms with Crippen molar-refractivity contribution < 1.29 is 26.0 Å². The second-order valence-electron chi connectivity index (χ2n) is 5.77. The lowest BCUT2D eigenvalue weighted by atomic mass is 9.93. The average Bonchev–Trinajstić information content (AvgIpc) is 2.46. The van der Waals surface area contributed by atoms with Crippen molar-refractivity contribution in [2.45, 2.75) is 36.9 Å². The number of alkyl halides is 3. The molecule has 0 saturated carbocycles. The molecule has 1 heterocycles. The van der Waals surface area contributed by atoms with Crippen LogP contribution in [0.25, 0.3) is 0 Å². The third kappa shape index (κ3) is 3.84. The van der Waals surface area contributed by atoms with Crippen LogP contribution in [-0.2, 0) is 16.2 Å². The van der Waals surface area contributed by atoms with Crippen molar-refractivity contribution in [3.8, 4) is 0 Å². The molecule has 0 spiro atoms. The van der Waals surface area contributed by atoms with E-state index in [4.69, 9.17) is 5.73 Å². The van der Waals surface area contributed by atoms with Crippen molar-refractivity contribution >= 4 is 10.0 Å². The van der Waals surface area contributed by atoms with Gasteiger partial charge in [-0.1, -0.05) is 0 Å². The maximum Gasteiger partial charge on any atom is 0.416 e. The van der Waals surface area contributed by atoms with E-state index in [2.05, 4.69) is 0 Å². The Morgan fingerprint density at radius 2 is 2.00 bits per heavy atom. The maximum absolute atomic E-state index is 13.9. The molecule has 9 heteroatoms. The summed E-state index contributed by atoms with van der Waals surface area (Å²) in [4.78, 5) is -0.947. The molecule has 130 valence electrons. The molecule has 1 aliphatic heterocycles. The minimum Gasteiger partial charge on any atom is -0.328 e. The van der Waals surface area contributed by atoms with Crippen molar-refractivity contribution in [1.29, 1.82) is 0 Å². The summed E-state index contributed by atoms with van der Waals surface area (Å²) in [6.07, 6.45) is -3.48. The molecule has 1 saturated heterocycles. The van der Waals surface area contributed by atoms with Crippen LogP contribution in [0.3, 0.4) is 0 Å². The van der Waals surface area contributed by atoms with Gasteiger partial charge in [-0.15, -0.1) is 0 Å². The predicted molar refractivity (Wildman–Crippen MR) is 76.5 cm³/mol. The van der Waals surface area contributed by atoms with Gasteiger partial charge in [0.25, 0.3) is 0 Å². The molecule has 2 atom stereocenters. The molecule has 1 fully saturated rings. The number of rotatable bonds is 3. The van der Waals surface area contributed by atoms with E-state index < -0.39 is 32.5 Å². The highest BCUT2D eigenvalue weighted by molar-refractivity contribution is 7.89. The minimum atomic E-state index is -4.74. The van der Waals surface area contributed by atoms with Gasteiger partial charge >= 0.3 is 6.18 Å². The van der Waals surface area contributed by atoms with Gasteiger partial charge in [0.2, 0.25) is 10.0 Å². The zero-order chi connectivity index (χ0) is 17.4. The quantitative estimate of drug-likeness (QED) is 0.849. The zero-order valence-corrected chi connectivity index (χ0v) is 13.3. The van der Waals surface area contributed by atoms with Gasteiger partial charge in [0.15, 0.2) is 0 Å². The molecule has 4 nitrogen and oxygen atoms in total. The van der Waals surface area contributed by atoms with Crippen molar-refractivity contribution in [3.63, 3.8) is 0 Å². The van der Waals surface area contributed by atoms with Crippen LogP contribution in [0.5, 0.6) is 0 Å². The van der Waals surface area contributed by atoms with Crippen LogP contribution in [0.1, 0.15) is 25.3 Å². The summed E-state index contributed by atoms with van der Waals surface area (Å²) in [5, 5.41) is 0. The molecule has 0 amide bonds. The van der Waals surface area contributed by atoms with Crippen molar-refractivity contribution in [2.24, 2.45) is 11.7 Å². The zero-order valence-electron chi connectivity index (χ0n) is 12.5. The van der Waals surface area contributed by atoms with E-state index >= 15 is 0 Å². The van der Waals surface area contributed by atoms with E-state index in [9.17, 15) is 26.0 Å². The molecule has 0 aromatic heterocycles. The van der Waals surface area contributed by atoms with E-state index in [1.807, 2.05) is 0 Å². The van der Waals surface area contributed by atoms with Crippen molar-refractivity contribution in [2.75, 3.05) is 13.1 Å². The number of nitrogens with two attached hydrogens (primary N) is 1. The van der Waals surface area contributed by atoms with Gasteiger partial charge in [0.1, 0.15) is 10.7 Å². The molecule has 2 N–H and O–H groups in total. The fraction of sp³-hybridized carbons (Fsp3) is 0.571. The Balaban J connectivity index is 2.39. The standard InChI is InChI=1S/C14H18F4N2O2S/c1-9(19)10-3-2-6-20(8-10)23(21,22)13-7-11(14(16,17)18)4-5-12(13)15/h4-5,7,9-10H,2-3,6,8,19H2,1H3. The van der Waals surface area contributed by atoms with Gasteiger partial charge in [-0.05, 0) is 43.9 Å². The number of benzene rings is 1. The molecule has 23 heavy (non-hydrogen) atoms. The van der Waals surface area contributed by atoms with E-state index in [1.54, 1.807) is 6.92 Å². The first kappa shape index (κ1) is 18.2. The summed E-state index contributed by atoms with van der Waals surface area (Å²) in [6.45, 7) is 1.96. The Hall–Kier alpha value is -1.19. The Morgan fingerprint density at radius 1 is 1.35 bits per heavy atom. The van der Waals surface area contributed by atoms with Gasteiger partial charge in [-0.3, -0.25) is 0 Å². The van der Waals surface area contributed by atoms with E-state index in [0.29, 0.717) is 24.6 Å². The first-order chi connectivity index (χ1) is 10.5. The molecule has 1 aromatic carbocycles. The second kappa shape index (κ2) is 6.37. The van der Waals surface area contributed by atoms with Gasteiger partial charge < -0.3 is 5.73 Å². The van der Waals surface area contributed by atoms with E-state index in [1.165, 1.54) is 0 Å². The van der Waals surface area contributed by atoms with Crippen LogP contribution in [0.2, 0.25) is 0 Å². The molecule has 1 aromatic rings. The molecule has 0 bridgehead atoms. The number of hydrogen-bond donors (Lipinski definition) is 1. The summed E-state index contributed by atoms with van der Waals surface area (Å²) in [6, 6.07) is 1.15. The summed E-state index contributed by atoms with van der Waals surface area (Å²) in [5.41, 5.74) is 4.58. The van der Waals surface area contributed by atoms with Gasteiger partial charge in [0, 0.05) is 19.1 Å². The summed E-state index contributed by atoms with van der Waals surface area (Å²) in [7, 11) is -4.34. The summed E-state index contributed by atoms with van der Waals surface area (Å²) in [5.74, 6) is -1.30. The summed E-state index contributed by atoms with van der Waals surface area (Å²) >= 11 is 0. The van der Waals surface area contributed by atoms with E-state index in [0.717, 1.165) is 10.7 Å². The largest absolute Gasteiger partial charge is 0.416 e. The highest BCUT2D eigenvalue weighted by atomic mass is 32.2. The lowest BCUT2D eigenvalue weighted by Gasteiger charge is -2.33. The van der Waals surface area contributed by atoms with Crippen LogP contribution >= 0.6 is 0 Å². The predicted octanol–water partition coefficient (Wildman–Crippen LogP) is 2.59. The molecule has 0 radical (unpaired) electrons. The Labute approximate surface area is 132 Å². The third-order valence-electron chi connectivity index (χ3n) is 4.04. The monoisotopic (exact) mass is 354 g/mol. The Bertz CT molecular complexity index is 674. The number of piperidine rings is 1. The SMILES string of the molecule is CC(N)C1CCCN(S(=O)(=O)c2cc(C(F)(F)F)ccc2F)C1. The van der Waals surface area contributed by atoms with Crippen LogP contribution < -0.4 is 5.73 Å². The van der Waals surface area contributed by atoms with Crippen LogP contribution in [0, 0.1) is 11.7 Å². The fourth-order valence-electron chi connectivity index (χ4n) is 2.64.